The molecule has 0 bridgehead atoms. The molecule has 19 heavy (non-hydrogen) atoms. The number of azo groups is 1. The lowest BCUT2D eigenvalue weighted by molar-refractivity contribution is 0.458. The predicted molar refractivity (Wildman–Crippen MR) is 85.1 cm³/mol. The molecule has 0 heterocycles. The van der Waals surface area contributed by atoms with Crippen molar-refractivity contribution in [3.63, 3.8) is 0 Å². The lowest BCUT2D eigenvalue weighted by atomic mass is 9.92. The van der Waals surface area contributed by atoms with Gasteiger partial charge in [0.05, 0.1) is 5.70 Å². The highest BCUT2D eigenvalue weighted by atomic mass is 15.1. The van der Waals surface area contributed by atoms with Crippen LogP contribution in [0.25, 0.3) is 0 Å². The van der Waals surface area contributed by atoms with Crippen molar-refractivity contribution >= 4 is 0 Å². The Bertz CT molecular complexity index is 290. The maximum atomic E-state index is 4.28. The summed E-state index contributed by atoms with van der Waals surface area (Å²) in [6, 6.07) is 0. The van der Waals surface area contributed by atoms with Crippen LogP contribution in [-0.2, 0) is 0 Å². The maximum absolute atomic E-state index is 4.28. The third-order valence-corrected chi connectivity index (χ3v) is 3.27. The second-order valence-corrected chi connectivity index (χ2v) is 4.91. The first-order valence-corrected chi connectivity index (χ1v) is 7.64. The summed E-state index contributed by atoms with van der Waals surface area (Å²) < 4.78 is 0. The van der Waals surface area contributed by atoms with Crippen LogP contribution in [0, 0.1) is 5.92 Å². The molecule has 1 unspecified atom stereocenters. The van der Waals surface area contributed by atoms with Gasteiger partial charge in [0.25, 0.3) is 0 Å². The standard InChI is InChI=1S/C17H30N2/c1-5-9-11-12-15-16(14-10-6-2)17(13-7-3)19-18-8-4/h7-8,13,16H,3-6,9-12,14-15H2,1-2H3/b17-13-,19-18?. The van der Waals surface area contributed by atoms with Crippen LogP contribution >= 0.6 is 0 Å². The third-order valence-electron chi connectivity index (χ3n) is 3.27. The Hall–Kier alpha value is -1.18. The minimum Gasteiger partial charge on any atom is -0.160 e. The van der Waals surface area contributed by atoms with Crippen LogP contribution in [0.5, 0.6) is 0 Å². The Morgan fingerprint density at radius 2 is 1.68 bits per heavy atom. The first-order chi connectivity index (χ1) is 9.29. The van der Waals surface area contributed by atoms with E-state index >= 15 is 0 Å². The summed E-state index contributed by atoms with van der Waals surface area (Å²) in [6.45, 7) is 11.8. The number of rotatable bonds is 12. The van der Waals surface area contributed by atoms with Crippen molar-refractivity contribution in [2.45, 2.75) is 65.2 Å². The molecule has 0 aliphatic heterocycles. The van der Waals surface area contributed by atoms with E-state index in [1.54, 1.807) is 0 Å². The van der Waals surface area contributed by atoms with Crippen LogP contribution in [0.2, 0.25) is 0 Å². The highest BCUT2D eigenvalue weighted by Crippen LogP contribution is 2.26. The van der Waals surface area contributed by atoms with Crippen molar-refractivity contribution in [1.82, 2.24) is 0 Å². The Balaban J connectivity index is 4.56. The van der Waals surface area contributed by atoms with Gasteiger partial charge in [-0.3, -0.25) is 0 Å². The van der Waals surface area contributed by atoms with Crippen LogP contribution in [0.3, 0.4) is 0 Å². The molecule has 1 atom stereocenters. The van der Waals surface area contributed by atoms with E-state index < -0.39 is 0 Å². The van der Waals surface area contributed by atoms with Crippen LogP contribution in [0.4, 0.5) is 0 Å². The Labute approximate surface area is 119 Å². The van der Waals surface area contributed by atoms with Gasteiger partial charge >= 0.3 is 0 Å². The average molecular weight is 262 g/mol. The van der Waals surface area contributed by atoms with Crippen LogP contribution in [0.1, 0.15) is 65.2 Å². The molecular formula is C17H30N2. The van der Waals surface area contributed by atoms with Crippen molar-refractivity contribution in [2.24, 2.45) is 16.1 Å². The monoisotopic (exact) mass is 262 g/mol. The summed E-state index contributed by atoms with van der Waals surface area (Å²) in [6.07, 6.45) is 15.4. The van der Waals surface area contributed by atoms with E-state index in [1.807, 2.05) is 12.2 Å². The van der Waals surface area contributed by atoms with Gasteiger partial charge in [0.1, 0.15) is 0 Å². The zero-order valence-electron chi connectivity index (χ0n) is 12.8. The Morgan fingerprint density at radius 1 is 1.00 bits per heavy atom. The average Bonchev–Trinajstić information content (AvgIpc) is 2.43. The highest BCUT2D eigenvalue weighted by Gasteiger charge is 2.13. The molecule has 0 saturated carbocycles. The molecule has 108 valence electrons. The largest absolute Gasteiger partial charge is 0.160 e. The molecule has 0 aromatic carbocycles. The maximum Gasteiger partial charge on any atom is 0.0661 e. The van der Waals surface area contributed by atoms with Crippen LogP contribution in [0.15, 0.2) is 47.4 Å². The van der Waals surface area contributed by atoms with Crippen LogP contribution < -0.4 is 0 Å². The SMILES string of the molecule is C=C/C=C(\N=NC=C)C(CCCC)CCCCCC. The number of unbranched alkanes of at least 4 members (excludes halogenated alkanes) is 4. The number of hydrogen-bond donors (Lipinski definition) is 0. The minimum atomic E-state index is 0.513. The fourth-order valence-electron chi connectivity index (χ4n) is 2.19. The molecule has 2 nitrogen and oxygen atoms in total. The quantitative estimate of drug-likeness (QED) is 0.220. The van der Waals surface area contributed by atoms with Gasteiger partial charge in [0, 0.05) is 12.1 Å². The summed E-state index contributed by atoms with van der Waals surface area (Å²) in [7, 11) is 0. The molecule has 0 N–H and O–H groups in total. The van der Waals surface area contributed by atoms with Gasteiger partial charge in [-0.2, -0.15) is 10.2 Å². The van der Waals surface area contributed by atoms with Gasteiger partial charge in [0.2, 0.25) is 0 Å². The van der Waals surface area contributed by atoms with Crippen molar-refractivity contribution in [2.75, 3.05) is 0 Å². The van der Waals surface area contributed by atoms with Gasteiger partial charge in [-0.15, -0.1) is 0 Å². The smallest absolute Gasteiger partial charge is 0.0661 e. The van der Waals surface area contributed by atoms with Gasteiger partial charge < -0.3 is 0 Å². The van der Waals surface area contributed by atoms with Crippen molar-refractivity contribution in [1.29, 1.82) is 0 Å². The van der Waals surface area contributed by atoms with E-state index in [2.05, 4.69) is 37.2 Å². The summed E-state index contributed by atoms with van der Waals surface area (Å²) in [5.74, 6) is 0.513. The fraction of sp³-hybridized carbons (Fsp3) is 0.647. The van der Waals surface area contributed by atoms with E-state index in [4.69, 9.17) is 0 Å². The molecule has 0 rings (SSSR count). The van der Waals surface area contributed by atoms with Crippen molar-refractivity contribution in [3.8, 4) is 0 Å². The molecule has 2 heteroatoms. The molecular weight excluding hydrogens is 232 g/mol. The van der Waals surface area contributed by atoms with E-state index in [1.165, 1.54) is 57.6 Å². The number of nitrogens with zero attached hydrogens (tertiary/aromatic N) is 2. The summed E-state index contributed by atoms with van der Waals surface area (Å²) >= 11 is 0. The van der Waals surface area contributed by atoms with E-state index in [0.29, 0.717) is 5.92 Å². The Morgan fingerprint density at radius 3 is 2.26 bits per heavy atom. The summed E-state index contributed by atoms with van der Waals surface area (Å²) in [5, 5.41) is 8.22. The topological polar surface area (TPSA) is 24.7 Å². The Kier molecular flexibility index (Phi) is 12.4. The molecule has 0 aromatic heterocycles. The normalized spacial score (nSPS) is 13.7. The second-order valence-electron chi connectivity index (χ2n) is 4.91. The van der Waals surface area contributed by atoms with E-state index in [0.717, 1.165) is 5.70 Å². The lowest BCUT2D eigenvalue weighted by Gasteiger charge is -2.16. The summed E-state index contributed by atoms with van der Waals surface area (Å²) in [5.41, 5.74) is 1.06. The summed E-state index contributed by atoms with van der Waals surface area (Å²) in [4.78, 5) is 0. The van der Waals surface area contributed by atoms with Gasteiger partial charge in [-0.05, 0) is 18.9 Å². The predicted octanol–water partition coefficient (Wildman–Crippen LogP) is 6.43. The van der Waals surface area contributed by atoms with E-state index in [9.17, 15) is 0 Å². The molecule has 0 spiro atoms. The van der Waals surface area contributed by atoms with E-state index in [-0.39, 0.29) is 0 Å². The zero-order valence-corrected chi connectivity index (χ0v) is 12.8. The first-order valence-electron chi connectivity index (χ1n) is 7.64. The molecule has 0 aliphatic rings. The fourth-order valence-corrected chi connectivity index (χ4v) is 2.19. The zero-order chi connectivity index (χ0) is 14.3. The minimum absolute atomic E-state index is 0.513. The number of allylic oxidation sites excluding steroid dienone is 3. The highest BCUT2D eigenvalue weighted by molar-refractivity contribution is 5.12. The third kappa shape index (κ3) is 9.40. The molecule has 0 aromatic rings. The molecule has 0 fully saturated rings. The van der Waals surface area contributed by atoms with Gasteiger partial charge in [-0.25, -0.2) is 0 Å². The molecule has 0 amide bonds. The van der Waals surface area contributed by atoms with Gasteiger partial charge in [-0.1, -0.05) is 71.6 Å². The van der Waals surface area contributed by atoms with Crippen molar-refractivity contribution in [3.05, 3.63) is 37.2 Å². The van der Waals surface area contributed by atoms with Crippen LogP contribution in [-0.4, -0.2) is 0 Å². The second kappa shape index (κ2) is 13.3. The lowest BCUT2D eigenvalue weighted by Crippen LogP contribution is -2.03. The molecule has 0 aliphatic carbocycles. The van der Waals surface area contributed by atoms with Gasteiger partial charge in [0.15, 0.2) is 0 Å². The van der Waals surface area contributed by atoms with Crippen molar-refractivity contribution < 1.29 is 0 Å². The molecule has 0 saturated heterocycles. The first kappa shape index (κ1) is 17.8. The number of hydrogen-bond acceptors (Lipinski definition) is 2. The molecule has 0 radical (unpaired) electrons.